The molecule has 0 saturated heterocycles. The van der Waals surface area contributed by atoms with Crippen LogP contribution in [0.15, 0.2) is 36.5 Å². The van der Waals surface area contributed by atoms with Crippen molar-refractivity contribution in [3.63, 3.8) is 0 Å². The summed E-state index contributed by atoms with van der Waals surface area (Å²) >= 11 is 1.68. The van der Waals surface area contributed by atoms with Crippen molar-refractivity contribution < 1.29 is 9.53 Å². The van der Waals surface area contributed by atoms with E-state index in [1.54, 1.807) is 24.5 Å². The predicted molar refractivity (Wildman–Crippen MR) is 73.1 cm³/mol. The third kappa shape index (κ3) is 1.75. The Morgan fingerprint density at radius 1 is 1.28 bits per heavy atom. The van der Waals surface area contributed by atoms with Crippen LogP contribution in [0.4, 0.5) is 0 Å². The molecular weight excluding hydrogens is 246 g/mol. The van der Waals surface area contributed by atoms with Gasteiger partial charge in [0.15, 0.2) is 0 Å². The summed E-state index contributed by atoms with van der Waals surface area (Å²) in [5.41, 5.74) is 0.368. The summed E-state index contributed by atoms with van der Waals surface area (Å²) in [6, 6.07) is 9.95. The maximum atomic E-state index is 11.7. The Bertz CT molecular complexity index is 733. The SMILES string of the molecule is CCOC(=O)c1cc2c(cn1)sc1ccccc12. The lowest BCUT2D eigenvalue weighted by Crippen LogP contribution is -2.06. The zero-order valence-corrected chi connectivity index (χ0v) is 10.7. The van der Waals surface area contributed by atoms with Crippen LogP contribution >= 0.6 is 11.3 Å². The van der Waals surface area contributed by atoms with Crippen LogP contribution in [-0.2, 0) is 4.74 Å². The fourth-order valence-corrected chi connectivity index (χ4v) is 3.00. The molecule has 0 spiro atoms. The summed E-state index contributed by atoms with van der Waals surface area (Å²) in [4.78, 5) is 15.8. The highest BCUT2D eigenvalue weighted by molar-refractivity contribution is 7.25. The van der Waals surface area contributed by atoms with Crippen LogP contribution in [0.5, 0.6) is 0 Å². The van der Waals surface area contributed by atoms with Gasteiger partial charge in [-0.15, -0.1) is 11.3 Å². The molecule has 3 nitrogen and oxygen atoms in total. The Kier molecular flexibility index (Phi) is 2.72. The number of benzene rings is 1. The van der Waals surface area contributed by atoms with Gasteiger partial charge >= 0.3 is 5.97 Å². The third-order valence-electron chi connectivity index (χ3n) is 2.75. The second-order valence-corrected chi connectivity index (χ2v) is 4.97. The summed E-state index contributed by atoms with van der Waals surface area (Å²) in [6.07, 6.45) is 1.74. The molecule has 2 aromatic heterocycles. The van der Waals surface area contributed by atoms with E-state index < -0.39 is 0 Å². The molecule has 0 unspecified atom stereocenters. The van der Waals surface area contributed by atoms with Gasteiger partial charge in [-0.05, 0) is 19.1 Å². The van der Waals surface area contributed by atoms with Gasteiger partial charge in [-0.1, -0.05) is 18.2 Å². The number of nitrogens with zero attached hydrogens (tertiary/aromatic N) is 1. The zero-order valence-electron chi connectivity index (χ0n) is 9.84. The Morgan fingerprint density at radius 3 is 2.94 bits per heavy atom. The molecule has 0 aliphatic rings. The minimum atomic E-state index is -0.366. The molecule has 0 aliphatic heterocycles. The van der Waals surface area contributed by atoms with Gasteiger partial charge in [0.25, 0.3) is 0 Å². The first-order valence-corrected chi connectivity index (χ1v) is 6.55. The topological polar surface area (TPSA) is 39.2 Å². The van der Waals surface area contributed by atoms with Gasteiger partial charge in [0.05, 0.1) is 11.3 Å². The molecule has 0 bridgehead atoms. The van der Waals surface area contributed by atoms with E-state index >= 15 is 0 Å². The molecule has 1 aromatic carbocycles. The second kappa shape index (κ2) is 4.38. The van der Waals surface area contributed by atoms with Crippen LogP contribution in [0.2, 0.25) is 0 Å². The lowest BCUT2D eigenvalue weighted by Gasteiger charge is -2.00. The summed E-state index contributed by atoms with van der Waals surface area (Å²) in [5, 5.41) is 2.22. The molecule has 0 atom stereocenters. The van der Waals surface area contributed by atoms with E-state index in [9.17, 15) is 4.79 Å². The monoisotopic (exact) mass is 257 g/mol. The van der Waals surface area contributed by atoms with Crippen LogP contribution in [0.3, 0.4) is 0 Å². The minimum absolute atomic E-state index is 0.364. The van der Waals surface area contributed by atoms with Crippen molar-refractivity contribution in [3.8, 4) is 0 Å². The van der Waals surface area contributed by atoms with E-state index in [0.29, 0.717) is 12.3 Å². The van der Waals surface area contributed by atoms with E-state index in [-0.39, 0.29) is 5.97 Å². The van der Waals surface area contributed by atoms with Crippen molar-refractivity contribution >= 4 is 37.5 Å². The van der Waals surface area contributed by atoms with Gasteiger partial charge < -0.3 is 4.74 Å². The highest BCUT2D eigenvalue weighted by atomic mass is 32.1. The maximum Gasteiger partial charge on any atom is 0.356 e. The van der Waals surface area contributed by atoms with Gasteiger partial charge in [-0.2, -0.15) is 0 Å². The lowest BCUT2D eigenvalue weighted by molar-refractivity contribution is 0.0520. The largest absolute Gasteiger partial charge is 0.461 e. The van der Waals surface area contributed by atoms with Crippen LogP contribution in [0.1, 0.15) is 17.4 Å². The molecule has 90 valence electrons. The average molecular weight is 257 g/mol. The zero-order chi connectivity index (χ0) is 12.5. The second-order valence-electron chi connectivity index (χ2n) is 3.88. The molecule has 0 N–H and O–H groups in total. The molecule has 18 heavy (non-hydrogen) atoms. The summed E-state index contributed by atoms with van der Waals surface area (Å²) < 4.78 is 7.26. The highest BCUT2D eigenvalue weighted by Crippen LogP contribution is 2.33. The molecular formula is C14H11NO2S. The van der Waals surface area contributed by atoms with Gasteiger partial charge in [-0.25, -0.2) is 9.78 Å². The number of aromatic nitrogens is 1. The van der Waals surface area contributed by atoms with Gasteiger partial charge in [0.2, 0.25) is 0 Å². The Balaban J connectivity index is 2.21. The van der Waals surface area contributed by atoms with E-state index in [1.807, 2.05) is 18.2 Å². The normalized spacial score (nSPS) is 10.9. The van der Waals surface area contributed by atoms with Crippen molar-refractivity contribution in [3.05, 3.63) is 42.2 Å². The first kappa shape index (κ1) is 11.2. The number of thiophene rings is 1. The molecule has 3 rings (SSSR count). The van der Waals surface area contributed by atoms with Gasteiger partial charge in [0.1, 0.15) is 5.69 Å². The number of rotatable bonds is 2. The van der Waals surface area contributed by atoms with Crippen molar-refractivity contribution in [2.45, 2.75) is 6.92 Å². The van der Waals surface area contributed by atoms with E-state index in [1.165, 1.54) is 4.70 Å². The maximum absolute atomic E-state index is 11.7. The molecule has 4 heteroatoms. The first-order valence-electron chi connectivity index (χ1n) is 5.74. The van der Waals surface area contributed by atoms with Crippen molar-refractivity contribution in [1.29, 1.82) is 0 Å². The molecule has 3 aromatic rings. The number of pyridine rings is 1. The summed E-state index contributed by atoms with van der Waals surface area (Å²) in [7, 11) is 0. The number of esters is 1. The van der Waals surface area contributed by atoms with Crippen LogP contribution < -0.4 is 0 Å². The molecule has 0 amide bonds. The third-order valence-corrected chi connectivity index (χ3v) is 3.87. The summed E-state index contributed by atoms with van der Waals surface area (Å²) in [5.74, 6) is -0.366. The van der Waals surface area contributed by atoms with Crippen LogP contribution in [0.25, 0.3) is 20.2 Å². The van der Waals surface area contributed by atoms with Crippen molar-refractivity contribution in [2.24, 2.45) is 0 Å². The minimum Gasteiger partial charge on any atom is -0.461 e. The predicted octanol–water partition coefficient (Wildman–Crippen LogP) is 3.63. The number of hydrogen-bond acceptors (Lipinski definition) is 4. The van der Waals surface area contributed by atoms with E-state index in [4.69, 9.17) is 4.74 Å². The molecule has 0 saturated carbocycles. The van der Waals surface area contributed by atoms with Crippen LogP contribution in [-0.4, -0.2) is 17.6 Å². The Labute approximate surface area is 108 Å². The van der Waals surface area contributed by atoms with E-state index in [0.717, 1.165) is 15.5 Å². The molecule has 0 radical (unpaired) electrons. The summed E-state index contributed by atoms with van der Waals surface area (Å²) in [6.45, 7) is 2.15. The number of fused-ring (bicyclic) bond motifs is 3. The molecule has 0 aliphatic carbocycles. The number of hydrogen-bond donors (Lipinski definition) is 0. The van der Waals surface area contributed by atoms with Crippen molar-refractivity contribution in [2.75, 3.05) is 6.61 Å². The van der Waals surface area contributed by atoms with E-state index in [2.05, 4.69) is 17.1 Å². The van der Waals surface area contributed by atoms with Gasteiger partial charge in [0, 0.05) is 21.7 Å². The standard InChI is InChI=1S/C14H11NO2S/c1-2-17-14(16)11-7-10-9-5-3-4-6-12(9)18-13(10)8-15-11/h3-8H,2H2,1H3. The Morgan fingerprint density at radius 2 is 2.11 bits per heavy atom. The van der Waals surface area contributed by atoms with Crippen LogP contribution in [0, 0.1) is 0 Å². The molecule has 2 heterocycles. The quantitative estimate of drug-likeness (QED) is 0.658. The number of carbonyl (C=O) groups is 1. The Hall–Kier alpha value is -1.94. The molecule has 0 fully saturated rings. The highest BCUT2D eigenvalue weighted by Gasteiger charge is 2.11. The number of carbonyl (C=O) groups excluding carboxylic acids is 1. The fourth-order valence-electron chi connectivity index (χ4n) is 1.95. The fraction of sp³-hybridized carbons (Fsp3) is 0.143. The lowest BCUT2D eigenvalue weighted by atomic mass is 10.1. The first-order chi connectivity index (χ1) is 8.79. The average Bonchev–Trinajstić information content (AvgIpc) is 2.76. The van der Waals surface area contributed by atoms with Gasteiger partial charge in [-0.3, -0.25) is 0 Å². The van der Waals surface area contributed by atoms with Crippen molar-refractivity contribution in [1.82, 2.24) is 4.98 Å². The smallest absolute Gasteiger partial charge is 0.356 e. The number of ether oxygens (including phenoxy) is 1.